The van der Waals surface area contributed by atoms with Crippen molar-refractivity contribution < 1.29 is 31.5 Å². The van der Waals surface area contributed by atoms with Gasteiger partial charge in [0.2, 0.25) is 0 Å². The SMILES string of the molecule is COC(=O)COc1ccc(S(=O)(=O)Nc2ccc(F)cc2F)cc1Cl. The second-order valence-electron chi connectivity index (χ2n) is 4.69. The highest BCUT2D eigenvalue weighted by Crippen LogP contribution is 2.28. The maximum absolute atomic E-state index is 13.6. The molecule has 2 aromatic carbocycles. The van der Waals surface area contributed by atoms with Crippen molar-refractivity contribution in [1.29, 1.82) is 0 Å². The molecule has 10 heteroatoms. The summed E-state index contributed by atoms with van der Waals surface area (Å²) < 4.78 is 62.5. The lowest BCUT2D eigenvalue weighted by molar-refractivity contribution is -0.142. The van der Waals surface area contributed by atoms with Crippen molar-refractivity contribution in [3.05, 3.63) is 53.1 Å². The smallest absolute Gasteiger partial charge is 0.343 e. The molecule has 0 aromatic heterocycles. The molecule has 0 fully saturated rings. The van der Waals surface area contributed by atoms with Crippen LogP contribution in [0.2, 0.25) is 5.02 Å². The highest BCUT2D eigenvalue weighted by Gasteiger charge is 2.18. The van der Waals surface area contributed by atoms with E-state index >= 15 is 0 Å². The second-order valence-corrected chi connectivity index (χ2v) is 6.78. The fourth-order valence-electron chi connectivity index (χ4n) is 1.74. The van der Waals surface area contributed by atoms with Crippen LogP contribution in [0.3, 0.4) is 0 Å². The highest BCUT2D eigenvalue weighted by atomic mass is 35.5. The molecule has 0 aliphatic carbocycles. The van der Waals surface area contributed by atoms with Gasteiger partial charge in [0.1, 0.15) is 17.4 Å². The van der Waals surface area contributed by atoms with E-state index in [1.54, 1.807) is 0 Å². The molecule has 1 N–H and O–H groups in total. The molecule has 0 heterocycles. The fourth-order valence-corrected chi connectivity index (χ4v) is 3.13. The lowest BCUT2D eigenvalue weighted by atomic mass is 10.3. The summed E-state index contributed by atoms with van der Waals surface area (Å²) in [7, 11) is -2.98. The van der Waals surface area contributed by atoms with Crippen molar-refractivity contribution >= 4 is 33.3 Å². The van der Waals surface area contributed by atoms with Crippen LogP contribution in [-0.2, 0) is 19.6 Å². The summed E-state index contributed by atoms with van der Waals surface area (Å²) >= 11 is 5.92. The van der Waals surface area contributed by atoms with E-state index in [9.17, 15) is 22.0 Å². The number of esters is 1. The maximum Gasteiger partial charge on any atom is 0.343 e. The van der Waals surface area contributed by atoms with Gasteiger partial charge in [0.05, 0.1) is 22.7 Å². The molecule has 0 unspecified atom stereocenters. The molecule has 0 saturated heterocycles. The fraction of sp³-hybridized carbons (Fsp3) is 0.133. The first-order valence-electron chi connectivity index (χ1n) is 6.70. The number of hydrogen-bond acceptors (Lipinski definition) is 5. The van der Waals surface area contributed by atoms with E-state index in [2.05, 4.69) is 4.74 Å². The molecule has 0 bridgehead atoms. The van der Waals surface area contributed by atoms with Crippen LogP contribution in [0.4, 0.5) is 14.5 Å². The van der Waals surface area contributed by atoms with E-state index in [0.717, 1.165) is 24.3 Å². The van der Waals surface area contributed by atoms with Crippen LogP contribution in [0, 0.1) is 11.6 Å². The number of halogens is 3. The minimum atomic E-state index is -4.17. The first-order chi connectivity index (χ1) is 11.7. The van der Waals surface area contributed by atoms with Gasteiger partial charge in [-0.1, -0.05) is 11.6 Å². The minimum Gasteiger partial charge on any atom is -0.480 e. The number of hydrogen-bond donors (Lipinski definition) is 1. The van der Waals surface area contributed by atoms with Gasteiger partial charge in [-0.15, -0.1) is 0 Å². The normalized spacial score (nSPS) is 11.0. The average Bonchev–Trinajstić information content (AvgIpc) is 2.55. The summed E-state index contributed by atoms with van der Waals surface area (Å²) in [6.07, 6.45) is 0. The third-order valence-corrected chi connectivity index (χ3v) is 4.62. The van der Waals surface area contributed by atoms with Crippen LogP contribution in [0.25, 0.3) is 0 Å². The topological polar surface area (TPSA) is 81.7 Å². The standard InChI is InChI=1S/C15H12ClF2NO5S/c1-23-15(20)8-24-14-5-3-10(7-11(14)16)25(21,22)19-13-4-2-9(17)6-12(13)18/h2-7,19H,8H2,1H3. The number of benzene rings is 2. The Bertz CT molecular complexity index is 905. The van der Waals surface area contributed by atoms with Crippen molar-refractivity contribution in [3.8, 4) is 5.75 Å². The summed E-state index contributed by atoms with van der Waals surface area (Å²) in [6, 6.07) is 5.88. The van der Waals surface area contributed by atoms with Gasteiger partial charge in [0.25, 0.3) is 10.0 Å². The van der Waals surface area contributed by atoms with Crippen LogP contribution in [0.15, 0.2) is 41.3 Å². The molecule has 0 atom stereocenters. The van der Waals surface area contributed by atoms with Crippen LogP contribution in [0.5, 0.6) is 5.75 Å². The van der Waals surface area contributed by atoms with Gasteiger partial charge in [0, 0.05) is 6.07 Å². The highest BCUT2D eigenvalue weighted by molar-refractivity contribution is 7.92. The Morgan fingerprint density at radius 3 is 2.52 bits per heavy atom. The zero-order valence-electron chi connectivity index (χ0n) is 12.8. The zero-order chi connectivity index (χ0) is 18.6. The number of carbonyl (C=O) groups is 1. The molecule has 25 heavy (non-hydrogen) atoms. The Morgan fingerprint density at radius 1 is 1.20 bits per heavy atom. The Hall–Kier alpha value is -2.39. The molecule has 2 rings (SSSR count). The van der Waals surface area contributed by atoms with Gasteiger partial charge < -0.3 is 9.47 Å². The molecule has 2 aromatic rings. The Balaban J connectivity index is 2.22. The van der Waals surface area contributed by atoms with Crippen molar-refractivity contribution in [2.75, 3.05) is 18.4 Å². The Morgan fingerprint density at radius 2 is 1.92 bits per heavy atom. The number of rotatable bonds is 6. The van der Waals surface area contributed by atoms with Crippen LogP contribution in [0.1, 0.15) is 0 Å². The predicted octanol–water partition coefficient (Wildman–Crippen LogP) is 2.97. The molecule has 0 amide bonds. The van der Waals surface area contributed by atoms with Gasteiger partial charge in [-0.25, -0.2) is 22.0 Å². The number of anilines is 1. The van der Waals surface area contributed by atoms with E-state index in [-0.39, 0.29) is 15.7 Å². The second kappa shape index (κ2) is 7.66. The molecule has 0 aliphatic rings. The summed E-state index contributed by atoms with van der Waals surface area (Å²) in [5.41, 5.74) is -0.413. The number of ether oxygens (including phenoxy) is 2. The molecular weight excluding hydrogens is 380 g/mol. The molecule has 0 spiro atoms. The number of nitrogens with one attached hydrogen (secondary N) is 1. The van der Waals surface area contributed by atoms with Crippen LogP contribution >= 0.6 is 11.6 Å². The minimum absolute atomic E-state index is 0.0685. The third-order valence-electron chi connectivity index (χ3n) is 2.96. The van der Waals surface area contributed by atoms with Gasteiger partial charge in [0.15, 0.2) is 6.61 Å². The van der Waals surface area contributed by atoms with Crippen LogP contribution in [-0.4, -0.2) is 28.1 Å². The molecule has 134 valence electrons. The van der Waals surface area contributed by atoms with E-state index in [0.29, 0.717) is 6.07 Å². The number of methoxy groups -OCH3 is 1. The monoisotopic (exact) mass is 391 g/mol. The molecule has 6 nitrogen and oxygen atoms in total. The average molecular weight is 392 g/mol. The van der Waals surface area contributed by atoms with E-state index in [1.807, 2.05) is 4.72 Å². The van der Waals surface area contributed by atoms with Crippen molar-refractivity contribution in [2.45, 2.75) is 4.90 Å². The first-order valence-corrected chi connectivity index (χ1v) is 8.56. The maximum atomic E-state index is 13.6. The first kappa shape index (κ1) is 18.9. The van der Waals surface area contributed by atoms with Crippen molar-refractivity contribution in [2.24, 2.45) is 0 Å². The largest absolute Gasteiger partial charge is 0.480 e. The Kier molecular flexibility index (Phi) is 5.81. The molecular formula is C15H12ClF2NO5S. The Labute approximate surface area is 147 Å². The van der Waals surface area contributed by atoms with Gasteiger partial charge in [-0.05, 0) is 30.3 Å². The van der Waals surface area contributed by atoms with Gasteiger partial charge in [-0.2, -0.15) is 0 Å². The molecule has 0 saturated carbocycles. The summed E-state index contributed by atoms with van der Waals surface area (Å²) in [4.78, 5) is 10.8. The van der Waals surface area contributed by atoms with Crippen molar-refractivity contribution in [1.82, 2.24) is 0 Å². The quantitative estimate of drug-likeness (QED) is 0.765. The van der Waals surface area contributed by atoms with Gasteiger partial charge in [-0.3, -0.25) is 4.72 Å². The zero-order valence-corrected chi connectivity index (χ0v) is 14.3. The lowest BCUT2D eigenvalue weighted by Gasteiger charge is -2.11. The summed E-state index contributed by atoms with van der Waals surface area (Å²) in [6.45, 7) is -0.401. The third kappa shape index (κ3) is 4.80. The molecule has 0 radical (unpaired) electrons. The number of sulfonamides is 1. The van der Waals surface area contributed by atoms with Crippen molar-refractivity contribution in [3.63, 3.8) is 0 Å². The van der Waals surface area contributed by atoms with E-state index in [4.69, 9.17) is 16.3 Å². The van der Waals surface area contributed by atoms with Gasteiger partial charge >= 0.3 is 5.97 Å². The summed E-state index contributed by atoms with van der Waals surface area (Å²) in [5.74, 6) is -2.47. The van der Waals surface area contributed by atoms with E-state index < -0.39 is 39.9 Å². The predicted molar refractivity (Wildman–Crippen MR) is 86.1 cm³/mol. The summed E-state index contributed by atoms with van der Waals surface area (Å²) in [5, 5.41) is -0.0774. The van der Waals surface area contributed by atoms with Crippen LogP contribution < -0.4 is 9.46 Å². The van der Waals surface area contributed by atoms with E-state index in [1.165, 1.54) is 13.2 Å². The lowest BCUT2D eigenvalue weighted by Crippen LogP contribution is -2.15. The molecule has 0 aliphatic heterocycles. The number of carbonyl (C=O) groups excluding carboxylic acids is 1.